The van der Waals surface area contributed by atoms with E-state index in [9.17, 15) is 14.4 Å². The summed E-state index contributed by atoms with van der Waals surface area (Å²) in [4.78, 5) is 37.9. The summed E-state index contributed by atoms with van der Waals surface area (Å²) >= 11 is 0. The largest absolute Gasteiger partial charge is 0.462 e. The van der Waals surface area contributed by atoms with E-state index in [0.717, 1.165) is 83.5 Å². The summed E-state index contributed by atoms with van der Waals surface area (Å²) in [5.41, 5.74) is 0. The molecule has 6 nitrogen and oxygen atoms in total. The first-order valence-corrected chi connectivity index (χ1v) is 26.0. The van der Waals surface area contributed by atoms with E-state index in [0.29, 0.717) is 19.3 Å². The molecule has 0 aromatic heterocycles. The van der Waals surface area contributed by atoms with Crippen molar-refractivity contribution < 1.29 is 28.6 Å². The van der Waals surface area contributed by atoms with E-state index in [1.165, 1.54) is 148 Å². The van der Waals surface area contributed by atoms with Gasteiger partial charge in [-0.2, -0.15) is 0 Å². The second kappa shape index (κ2) is 49.3. The topological polar surface area (TPSA) is 78.9 Å². The van der Waals surface area contributed by atoms with Crippen LogP contribution < -0.4 is 0 Å². The molecular weight excluding hydrogens is 745 g/mol. The lowest BCUT2D eigenvalue weighted by Gasteiger charge is -2.18. The average molecular weight is 843 g/mol. The molecule has 1 unspecified atom stereocenters. The molecule has 0 aliphatic carbocycles. The summed E-state index contributed by atoms with van der Waals surface area (Å²) in [7, 11) is 0. The molecule has 0 bridgehead atoms. The standard InChI is InChI=1S/C54H98O6/c1-4-7-10-13-16-19-22-25-26-27-28-30-32-35-38-41-44-47-53(56)59-50-51(49-58-52(55)46-43-40-37-34-31-24-21-18-15-12-9-6-3)60-54(57)48-45-42-39-36-33-29-23-20-17-14-11-8-5-2/h16,19,25-26,29,33,51H,4-15,17-18,20-24,27-28,30-32,34-50H2,1-3H3/b19-16-,26-25-,33-29-. The van der Waals surface area contributed by atoms with Gasteiger partial charge in [-0.3, -0.25) is 14.4 Å². The lowest BCUT2D eigenvalue weighted by molar-refractivity contribution is -0.167. The predicted octanol–water partition coefficient (Wildman–Crippen LogP) is 16.9. The minimum atomic E-state index is -0.779. The van der Waals surface area contributed by atoms with Crippen LogP contribution in [0.1, 0.15) is 271 Å². The molecule has 0 aromatic carbocycles. The Balaban J connectivity index is 4.36. The molecule has 0 aliphatic rings. The SMILES string of the molecule is CCCCC/C=C\C/C=C\CCCCCCCCCC(=O)OCC(COC(=O)CCCCCCCCCCCCCC)OC(=O)CCCCC/C=C\CCCCCCCC. The highest BCUT2D eigenvalue weighted by Crippen LogP contribution is 2.15. The number of carbonyl (C=O) groups excluding carboxylic acids is 3. The molecule has 0 rings (SSSR count). The minimum Gasteiger partial charge on any atom is -0.462 e. The molecule has 0 amide bonds. The molecule has 1 atom stereocenters. The Morgan fingerprint density at radius 3 is 0.983 bits per heavy atom. The van der Waals surface area contributed by atoms with Crippen molar-refractivity contribution in [3.63, 3.8) is 0 Å². The van der Waals surface area contributed by atoms with Crippen LogP contribution in [-0.4, -0.2) is 37.2 Å². The summed E-state index contributed by atoms with van der Waals surface area (Å²) in [6, 6.07) is 0. The van der Waals surface area contributed by atoms with Gasteiger partial charge in [0.05, 0.1) is 0 Å². The maximum absolute atomic E-state index is 12.8. The van der Waals surface area contributed by atoms with E-state index in [2.05, 4.69) is 57.2 Å². The van der Waals surface area contributed by atoms with Crippen LogP contribution in [0.2, 0.25) is 0 Å². The predicted molar refractivity (Wildman–Crippen MR) is 256 cm³/mol. The maximum Gasteiger partial charge on any atom is 0.306 e. The van der Waals surface area contributed by atoms with Crippen LogP contribution >= 0.6 is 0 Å². The van der Waals surface area contributed by atoms with Gasteiger partial charge in [0.15, 0.2) is 6.10 Å². The van der Waals surface area contributed by atoms with Crippen molar-refractivity contribution >= 4 is 17.9 Å². The van der Waals surface area contributed by atoms with Crippen LogP contribution in [-0.2, 0) is 28.6 Å². The molecular formula is C54H98O6. The van der Waals surface area contributed by atoms with Gasteiger partial charge in [-0.05, 0) is 77.0 Å². The Morgan fingerprint density at radius 1 is 0.333 bits per heavy atom. The first-order valence-electron chi connectivity index (χ1n) is 26.0. The molecule has 6 heteroatoms. The Bertz CT molecular complexity index is 1020. The van der Waals surface area contributed by atoms with Crippen molar-refractivity contribution in [1.82, 2.24) is 0 Å². The molecule has 0 saturated heterocycles. The highest BCUT2D eigenvalue weighted by Gasteiger charge is 2.19. The highest BCUT2D eigenvalue weighted by atomic mass is 16.6. The van der Waals surface area contributed by atoms with Gasteiger partial charge in [-0.15, -0.1) is 0 Å². The molecule has 0 radical (unpaired) electrons. The Kier molecular flexibility index (Phi) is 47.3. The number of hydrogen-bond acceptors (Lipinski definition) is 6. The van der Waals surface area contributed by atoms with Crippen LogP contribution in [0.4, 0.5) is 0 Å². The lowest BCUT2D eigenvalue weighted by atomic mass is 10.0. The van der Waals surface area contributed by atoms with Gasteiger partial charge in [0.1, 0.15) is 13.2 Å². The normalized spacial score (nSPS) is 12.2. The molecule has 0 heterocycles. The molecule has 350 valence electrons. The number of rotatable bonds is 47. The van der Waals surface area contributed by atoms with Gasteiger partial charge in [0.25, 0.3) is 0 Å². The van der Waals surface area contributed by atoms with E-state index in [4.69, 9.17) is 14.2 Å². The van der Waals surface area contributed by atoms with Gasteiger partial charge in [-0.1, -0.05) is 211 Å². The van der Waals surface area contributed by atoms with Gasteiger partial charge in [-0.25, -0.2) is 0 Å². The third-order valence-corrected chi connectivity index (χ3v) is 11.4. The first-order chi connectivity index (χ1) is 29.5. The fourth-order valence-electron chi connectivity index (χ4n) is 7.41. The molecule has 0 saturated carbocycles. The van der Waals surface area contributed by atoms with Gasteiger partial charge in [0.2, 0.25) is 0 Å². The first kappa shape index (κ1) is 57.6. The average Bonchev–Trinajstić information content (AvgIpc) is 3.24. The number of hydrogen-bond donors (Lipinski definition) is 0. The van der Waals surface area contributed by atoms with Crippen LogP contribution in [0.5, 0.6) is 0 Å². The molecule has 60 heavy (non-hydrogen) atoms. The van der Waals surface area contributed by atoms with Crippen molar-refractivity contribution in [3.05, 3.63) is 36.5 Å². The van der Waals surface area contributed by atoms with Crippen molar-refractivity contribution in [1.29, 1.82) is 0 Å². The molecule has 0 aliphatic heterocycles. The van der Waals surface area contributed by atoms with Crippen LogP contribution in [0.3, 0.4) is 0 Å². The molecule has 0 fully saturated rings. The number of unbranched alkanes of at least 4 members (excludes halogenated alkanes) is 30. The van der Waals surface area contributed by atoms with Crippen LogP contribution in [0, 0.1) is 0 Å². The maximum atomic E-state index is 12.8. The fraction of sp³-hybridized carbons (Fsp3) is 0.833. The lowest BCUT2D eigenvalue weighted by Crippen LogP contribution is -2.30. The monoisotopic (exact) mass is 843 g/mol. The van der Waals surface area contributed by atoms with Crippen LogP contribution in [0.25, 0.3) is 0 Å². The smallest absolute Gasteiger partial charge is 0.306 e. The number of carbonyl (C=O) groups is 3. The Labute approximate surface area is 372 Å². The van der Waals surface area contributed by atoms with Crippen molar-refractivity contribution in [2.24, 2.45) is 0 Å². The van der Waals surface area contributed by atoms with Gasteiger partial charge >= 0.3 is 17.9 Å². The summed E-state index contributed by atoms with van der Waals surface area (Å²) in [5, 5.41) is 0. The van der Waals surface area contributed by atoms with Gasteiger partial charge < -0.3 is 14.2 Å². The molecule has 0 N–H and O–H groups in total. The number of allylic oxidation sites excluding steroid dienone is 6. The van der Waals surface area contributed by atoms with E-state index in [1.54, 1.807) is 0 Å². The van der Waals surface area contributed by atoms with E-state index in [1.807, 2.05) is 0 Å². The van der Waals surface area contributed by atoms with Crippen LogP contribution in [0.15, 0.2) is 36.5 Å². The highest BCUT2D eigenvalue weighted by molar-refractivity contribution is 5.71. The van der Waals surface area contributed by atoms with Crippen molar-refractivity contribution in [2.75, 3.05) is 13.2 Å². The second-order valence-electron chi connectivity index (χ2n) is 17.4. The summed E-state index contributed by atoms with van der Waals surface area (Å²) in [6.45, 7) is 6.60. The van der Waals surface area contributed by atoms with E-state index < -0.39 is 6.10 Å². The van der Waals surface area contributed by atoms with E-state index in [-0.39, 0.29) is 31.1 Å². The number of ether oxygens (including phenoxy) is 3. The zero-order valence-corrected chi connectivity index (χ0v) is 40.0. The molecule has 0 aromatic rings. The fourth-order valence-corrected chi connectivity index (χ4v) is 7.41. The zero-order valence-electron chi connectivity index (χ0n) is 40.0. The third kappa shape index (κ3) is 46.7. The zero-order chi connectivity index (χ0) is 43.7. The van der Waals surface area contributed by atoms with Crippen molar-refractivity contribution in [3.8, 4) is 0 Å². The third-order valence-electron chi connectivity index (χ3n) is 11.4. The second-order valence-corrected chi connectivity index (χ2v) is 17.4. The Morgan fingerprint density at radius 2 is 0.600 bits per heavy atom. The summed E-state index contributed by atoms with van der Waals surface area (Å²) < 4.78 is 16.8. The van der Waals surface area contributed by atoms with Gasteiger partial charge in [0, 0.05) is 19.3 Å². The quantitative estimate of drug-likeness (QED) is 0.0263. The minimum absolute atomic E-state index is 0.0779. The molecule has 0 spiro atoms. The van der Waals surface area contributed by atoms with Crippen molar-refractivity contribution in [2.45, 2.75) is 277 Å². The summed E-state index contributed by atoms with van der Waals surface area (Å²) in [6.07, 6.45) is 56.9. The summed E-state index contributed by atoms with van der Waals surface area (Å²) in [5.74, 6) is -0.893. The Hall–Kier alpha value is -2.37. The van der Waals surface area contributed by atoms with E-state index >= 15 is 0 Å². The number of esters is 3.